The Balaban J connectivity index is 2.06. The number of carbonyl (C=O) groups excluding carboxylic acids is 1. The van der Waals surface area contributed by atoms with Crippen LogP contribution in [0.1, 0.15) is 26.2 Å². The highest BCUT2D eigenvalue weighted by Crippen LogP contribution is 1.94. The topological polar surface area (TPSA) is 46.9 Å². The molecule has 0 atom stereocenters. The highest BCUT2D eigenvalue weighted by Gasteiger charge is 1.99. The second-order valence-electron chi connectivity index (χ2n) is 3.25. The van der Waals surface area contributed by atoms with Crippen molar-refractivity contribution in [3.05, 3.63) is 18.7 Å². The van der Waals surface area contributed by atoms with Crippen LogP contribution in [0.25, 0.3) is 0 Å². The van der Waals surface area contributed by atoms with E-state index in [1.807, 2.05) is 17.7 Å². The molecular formula is C10H17N3O. The zero-order chi connectivity index (χ0) is 10.2. The van der Waals surface area contributed by atoms with Crippen LogP contribution in [0, 0.1) is 0 Å². The number of nitrogens with zero attached hydrogens (tertiary/aromatic N) is 2. The number of imidazole rings is 1. The molecule has 0 saturated carbocycles. The molecule has 0 saturated heterocycles. The van der Waals surface area contributed by atoms with Crippen LogP contribution < -0.4 is 5.32 Å². The fourth-order valence-corrected chi connectivity index (χ4v) is 1.19. The number of nitrogens with one attached hydrogen (secondary N) is 1. The Kier molecular flexibility index (Phi) is 4.75. The predicted molar refractivity (Wildman–Crippen MR) is 54.8 cm³/mol. The van der Waals surface area contributed by atoms with Crippen molar-refractivity contribution in [1.29, 1.82) is 0 Å². The molecule has 4 heteroatoms. The van der Waals surface area contributed by atoms with Crippen molar-refractivity contribution in [2.45, 2.75) is 32.7 Å². The van der Waals surface area contributed by atoms with Crippen molar-refractivity contribution >= 4 is 5.91 Å². The van der Waals surface area contributed by atoms with Crippen LogP contribution in [0.5, 0.6) is 0 Å². The number of rotatable bonds is 6. The van der Waals surface area contributed by atoms with Gasteiger partial charge in [0.1, 0.15) is 0 Å². The number of aryl methyl sites for hydroxylation is 1. The third-order valence-corrected chi connectivity index (χ3v) is 1.95. The second-order valence-corrected chi connectivity index (χ2v) is 3.25. The van der Waals surface area contributed by atoms with Crippen molar-refractivity contribution in [1.82, 2.24) is 14.9 Å². The van der Waals surface area contributed by atoms with Crippen LogP contribution in [0.2, 0.25) is 0 Å². The van der Waals surface area contributed by atoms with E-state index in [0.29, 0.717) is 6.42 Å². The van der Waals surface area contributed by atoms with Gasteiger partial charge in [-0.3, -0.25) is 4.79 Å². The fraction of sp³-hybridized carbons (Fsp3) is 0.600. The maximum Gasteiger partial charge on any atom is 0.220 e. The summed E-state index contributed by atoms with van der Waals surface area (Å²) in [6, 6.07) is 0. The van der Waals surface area contributed by atoms with E-state index in [2.05, 4.69) is 10.3 Å². The average molecular weight is 195 g/mol. The quantitative estimate of drug-likeness (QED) is 0.741. The lowest BCUT2D eigenvalue weighted by Crippen LogP contribution is -2.23. The predicted octanol–water partition coefficient (Wildman–Crippen LogP) is 1.19. The molecule has 14 heavy (non-hydrogen) atoms. The first-order chi connectivity index (χ1) is 6.83. The van der Waals surface area contributed by atoms with Gasteiger partial charge < -0.3 is 9.88 Å². The Morgan fingerprint density at radius 1 is 1.57 bits per heavy atom. The van der Waals surface area contributed by atoms with Crippen molar-refractivity contribution in [3.8, 4) is 0 Å². The van der Waals surface area contributed by atoms with Gasteiger partial charge in [-0.15, -0.1) is 0 Å². The lowest BCUT2D eigenvalue weighted by Gasteiger charge is -2.03. The molecule has 1 aromatic rings. The molecule has 0 radical (unpaired) electrons. The van der Waals surface area contributed by atoms with Crippen LogP contribution >= 0.6 is 0 Å². The van der Waals surface area contributed by atoms with Crippen LogP contribution in [0.3, 0.4) is 0 Å². The molecule has 1 heterocycles. The first-order valence-corrected chi connectivity index (χ1v) is 5.05. The molecule has 4 nitrogen and oxygen atoms in total. The van der Waals surface area contributed by atoms with Gasteiger partial charge in [0.2, 0.25) is 5.91 Å². The van der Waals surface area contributed by atoms with Crippen molar-refractivity contribution in [2.75, 3.05) is 6.54 Å². The molecule has 1 aromatic heterocycles. The summed E-state index contributed by atoms with van der Waals surface area (Å²) in [5.74, 6) is 0.145. The Hall–Kier alpha value is -1.32. The Morgan fingerprint density at radius 2 is 2.43 bits per heavy atom. The standard InChI is InChI=1S/C10H17N3O/c1-2-5-12-10(14)4-3-7-13-8-6-11-9-13/h6,8-9H,2-5,7H2,1H3,(H,12,14). The number of carbonyl (C=O) groups is 1. The molecule has 78 valence electrons. The Bertz CT molecular complexity index is 256. The Morgan fingerprint density at radius 3 is 3.07 bits per heavy atom. The number of aromatic nitrogens is 2. The first-order valence-electron chi connectivity index (χ1n) is 5.05. The summed E-state index contributed by atoms with van der Waals surface area (Å²) in [4.78, 5) is 15.1. The Labute approximate surface area is 84.3 Å². The minimum absolute atomic E-state index is 0.145. The van der Waals surface area contributed by atoms with E-state index in [1.54, 1.807) is 12.5 Å². The SMILES string of the molecule is CCCNC(=O)CCCn1ccnc1. The van der Waals surface area contributed by atoms with Gasteiger partial charge in [0.15, 0.2) is 0 Å². The van der Waals surface area contributed by atoms with E-state index >= 15 is 0 Å². The van der Waals surface area contributed by atoms with Crippen LogP contribution in [0.4, 0.5) is 0 Å². The van der Waals surface area contributed by atoms with Gasteiger partial charge in [-0.1, -0.05) is 6.92 Å². The number of hydrogen-bond donors (Lipinski definition) is 1. The van der Waals surface area contributed by atoms with Crippen LogP contribution in [0.15, 0.2) is 18.7 Å². The van der Waals surface area contributed by atoms with Gasteiger partial charge >= 0.3 is 0 Å². The monoisotopic (exact) mass is 195 g/mol. The molecule has 0 spiro atoms. The van der Waals surface area contributed by atoms with Gasteiger partial charge in [-0.25, -0.2) is 4.98 Å². The van der Waals surface area contributed by atoms with Crippen molar-refractivity contribution in [3.63, 3.8) is 0 Å². The van der Waals surface area contributed by atoms with E-state index < -0.39 is 0 Å². The normalized spacial score (nSPS) is 10.1. The second kappa shape index (κ2) is 6.18. The third-order valence-electron chi connectivity index (χ3n) is 1.95. The maximum atomic E-state index is 11.2. The summed E-state index contributed by atoms with van der Waals surface area (Å²) in [5, 5.41) is 2.85. The molecule has 1 amide bonds. The maximum absolute atomic E-state index is 11.2. The van der Waals surface area contributed by atoms with Gasteiger partial charge in [0, 0.05) is 31.9 Å². The van der Waals surface area contributed by atoms with Gasteiger partial charge in [0.25, 0.3) is 0 Å². The lowest BCUT2D eigenvalue weighted by molar-refractivity contribution is -0.121. The van der Waals surface area contributed by atoms with E-state index in [0.717, 1.165) is 25.9 Å². The summed E-state index contributed by atoms with van der Waals surface area (Å²) in [5.41, 5.74) is 0. The first kappa shape index (κ1) is 10.8. The van der Waals surface area contributed by atoms with Gasteiger partial charge in [0.05, 0.1) is 6.33 Å². The van der Waals surface area contributed by atoms with Crippen LogP contribution in [-0.2, 0) is 11.3 Å². The molecule has 0 fully saturated rings. The molecule has 0 aliphatic carbocycles. The van der Waals surface area contributed by atoms with E-state index in [-0.39, 0.29) is 5.91 Å². The zero-order valence-electron chi connectivity index (χ0n) is 8.57. The zero-order valence-corrected chi connectivity index (χ0v) is 8.57. The van der Waals surface area contributed by atoms with E-state index in [1.165, 1.54) is 0 Å². The highest BCUT2D eigenvalue weighted by atomic mass is 16.1. The van der Waals surface area contributed by atoms with Gasteiger partial charge in [-0.2, -0.15) is 0 Å². The molecule has 1 rings (SSSR count). The lowest BCUT2D eigenvalue weighted by atomic mass is 10.3. The van der Waals surface area contributed by atoms with Crippen molar-refractivity contribution in [2.24, 2.45) is 0 Å². The molecular weight excluding hydrogens is 178 g/mol. The van der Waals surface area contributed by atoms with Gasteiger partial charge in [-0.05, 0) is 12.8 Å². The molecule has 0 aliphatic rings. The third kappa shape index (κ3) is 4.07. The summed E-state index contributed by atoms with van der Waals surface area (Å²) in [6.07, 6.45) is 7.88. The molecule has 0 aromatic carbocycles. The molecule has 0 aliphatic heterocycles. The summed E-state index contributed by atoms with van der Waals surface area (Å²) in [6.45, 7) is 3.69. The van der Waals surface area contributed by atoms with Crippen LogP contribution in [-0.4, -0.2) is 22.0 Å². The highest BCUT2D eigenvalue weighted by molar-refractivity contribution is 5.75. The molecule has 0 unspecified atom stereocenters. The van der Waals surface area contributed by atoms with E-state index in [9.17, 15) is 4.79 Å². The minimum Gasteiger partial charge on any atom is -0.356 e. The van der Waals surface area contributed by atoms with Crippen molar-refractivity contribution < 1.29 is 4.79 Å². The minimum atomic E-state index is 0.145. The number of amides is 1. The number of hydrogen-bond acceptors (Lipinski definition) is 2. The smallest absolute Gasteiger partial charge is 0.220 e. The average Bonchev–Trinajstić information content (AvgIpc) is 2.67. The summed E-state index contributed by atoms with van der Waals surface area (Å²) < 4.78 is 1.98. The molecule has 0 bridgehead atoms. The summed E-state index contributed by atoms with van der Waals surface area (Å²) >= 11 is 0. The molecule has 1 N–H and O–H groups in total. The van der Waals surface area contributed by atoms with E-state index in [4.69, 9.17) is 0 Å². The fourth-order valence-electron chi connectivity index (χ4n) is 1.19. The summed E-state index contributed by atoms with van der Waals surface area (Å²) in [7, 11) is 0. The largest absolute Gasteiger partial charge is 0.356 e.